The van der Waals surface area contributed by atoms with Crippen LogP contribution in [0.1, 0.15) is 21.6 Å². The first-order valence-electron chi connectivity index (χ1n) is 6.72. The number of hydrogen-bond acceptors (Lipinski definition) is 2. The number of nitrogens with one attached hydrogen (secondary N) is 1. The van der Waals surface area contributed by atoms with Crippen molar-refractivity contribution in [3.63, 3.8) is 0 Å². The summed E-state index contributed by atoms with van der Waals surface area (Å²) in [4.78, 5) is 14.1. The molecule has 1 N–H and O–H groups in total. The molecule has 2 aromatic carbocycles. The number of benzene rings is 2. The van der Waals surface area contributed by atoms with Crippen LogP contribution in [-0.2, 0) is 6.61 Å². The number of carbonyl (C=O) groups excluding carboxylic acids is 1. The zero-order valence-electron chi connectivity index (χ0n) is 11.5. The van der Waals surface area contributed by atoms with Gasteiger partial charge in [-0.1, -0.05) is 43.0 Å². The van der Waals surface area contributed by atoms with E-state index >= 15 is 0 Å². The van der Waals surface area contributed by atoms with Crippen molar-refractivity contribution in [1.82, 2.24) is 4.98 Å². The predicted molar refractivity (Wildman–Crippen MR) is 84.6 cm³/mol. The molecule has 0 saturated heterocycles. The van der Waals surface area contributed by atoms with Gasteiger partial charge >= 0.3 is 0 Å². The molecule has 0 amide bonds. The van der Waals surface area contributed by atoms with E-state index in [1.165, 1.54) is 0 Å². The Bertz CT molecular complexity index is 788. The van der Waals surface area contributed by atoms with Gasteiger partial charge in [0.2, 0.25) is 0 Å². The maximum Gasteiger partial charge on any atom is 0.166 e. The normalized spacial score (nSPS) is 10.5. The SMILES string of the molecule is C=Cc1c(C=O)[nH]c2ccc(OCc3ccccc3)cc12. The average Bonchev–Trinajstić information content (AvgIpc) is 2.90. The fourth-order valence-corrected chi connectivity index (χ4v) is 2.36. The van der Waals surface area contributed by atoms with Gasteiger partial charge in [-0.2, -0.15) is 0 Å². The summed E-state index contributed by atoms with van der Waals surface area (Å²) in [5.74, 6) is 0.769. The van der Waals surface area contributed by atoms with Gasteiger partial charge < -0.3 is 9.72 Å². The predicted octanol–water partition coefficient (Wildman–Crippen LogP) is 4.20. The Morgan fingerprint density at radius 2 is 1.95 bits per heavy atom. The van der Waals surface area contributed by atoms with Crippen LogP contribution in [0.3, 0.4) is 0 Å². The molecule has 104 valence electrons. The Balaban J connectivity index is 1.90. The average molecular weight is 277 g/mol. The molecule has 0 fully saturated rings. The van der Waals surface area contributed by atoms with E-state index in [1.807, 2.05) is 48.5 Å². The Morgan fingerprint density at radius 3 is 2.67 bits per heavy atom. The summed E-state index contributed by atoms with van der Waals surface area (Å²) in [7, 11) is 0. The third-order valence-electron chi connectivity index (χ3n) is 3.41. The first kappa shape index (κ1) is 13.2. The second-order valence-corrected chi connectivity index (χ2v) is 4.76. The van der Waals surface area contributed by atoms with Crippen LogP contribution in [0.4, 0.5) is 0 Å². The van der Waals surface area contributed by atoms with Gasteiger partial charge in [0.25, 0.3) is 0 Å². The number of rotatable bonds is 5. The van der Waals surface area contributed by atoms with E-state index in [9.17, 15) is 4.79 Å². The molecule has 1 aromatic heterocycles. The molecule has 0 aliphatic heterocycles. The summed E-state index contributed by atoms with van der Waals surface area (Å²) in [6.07, 6.45) is 2.49. The fraction of sp³-hybridized carbons (Fsp3) is 0.0556. The molecule has 3 rings (SSSR count). The van der Waals surface area contributed by atoms with Crippen molar-refractivity contribution in [1.29, 1.82) is 0 Å². The Labute approximate surface area is 122 Å². The standard InChI is InChI=1S/C18H15NO2/c1-2-15-16-10-14(8-9-17(16)19-18(15)11-20)21-12-13-6-4-3-5-7-13/h2-11,19H,1,12H2. The van der Waals surface area contributed by atoms with Crippen molar-refractivity contribution in [3.8, 4) is 5.75 Å². The molecule has 1 heterocycles. The highest BCUT2D eigenvalue weighted by Crippen LogP contribution is 2.27. The minimum Gasteiger partial charge on any atom is -0.489 e. The van der Waals surface area contributed by atoms with Gasteiger partial charge in [-0.05, 0) is 23.8 Å². The topological polar surface area (TPSA) is 42.1 Å². The lowest BCUT2D eigenvalue weighted by atomic mass is 10.1. The largest absolute Gasteiger partial charge is 0.489 e. The van der Waals surface area contributed by atoms with Crippen LogP contribution in [0.25, 0.3) is 17.0 Å². The lowest BCUT2D eigenvalue weighted by Crippen LogP contribution is -1.94. The summed E-state index contributed by atoms with van der Waals surface area (Å²) >= 11 is 0. The second kappa shape index (κ2) is 5.67. The number of aromatic nitrogens is 1. The number of aldehydes is 1. The van der Waals surface area contributed by atoms with Crippen molar-refractivity contribution in [3.05, 3.63) is 71.9 Å². The second-order valence-electron chi connectivity index (χ2n) is 4.76. The summed E-state index contributed by atoms with van der Waals surface area (Å²) in [6.45, 7) is 4.28. The van der Waals surface area contributed by atoms with Gasteiger partial charge in [0, 0.05) is 16.5 Å². The summed E-state index contributed by atoms with van der Waals surface area (Å²) < 4.78 is 5.81. The molecule has 0 aliphatic carbocycles. The number of hydrogen-bond donors (Lipinski definition) is 1. The number of ether oxygens (including phenoxy) is 1. The number of aromatic amines is 1. The molecule has 0 radical (unpaired) electrons. The monoisotopic (exact) mass is 277 g/mol. The minimum absolute atomic E-state index is 0.515. The van der Waals surface area contributed by atoms with Gasteiger partial charge in [-0.15, -0.1) is 0 Å². The van der Waals surface area contributed by atoms with E-state index in [-0.39, 0.29) is 0 Å². The molecule has 0 bridgehead atoms. The maximum absolute atomic E-state index is 11.0. The first-order chi connectivity index (χ1) is 10.3. The van der Waals surface area contributed by atoms with E-state index in [2.05, 4.69) is 11.6 Å². The Kier molecular flexibility index (Phi) is 3.56. The smallest absolute Gasteiger partial charge is 0.166 e. The highest BCUT2D eigenvalue weighted by atomic mass is 16.5. The molecule has 3 aromatic rings. The van der Waals surface area contributed by atoms with Gasteiger partial charge in [-0.3, -0.25) is 4.79 Å². The molecule has 0 spiro atoms. The third kappa shape index (κ3) is 2.58. The lowest BCUT2D eigenvalue weighted by Gasteiger charge is -2.06. The first-order valence-corrected chi connectivity index (χ1v) is 6.72. The van der Waals surface area contributed by atoms with Crippen LogP contribution >= 0.6 is 0 Å². The Morgan fingerprint density at radius 1 is 1.14 bits per heavy atom. The van der Waals surface area contributed by atoms with Crippen molar-refractivity contribution in [2.24, 2.45) is 0 Å². The van der Waals surface area contributed by atoms with Gasteiger partial charge in [0.15, 0.2) is 6.29 Å². The zero-order valence-corrected chi connectivity index (χ0v) is 11.5. The molecule has 0 aliphatic rings. The van der Waals surface area contributed by atoms with Gasteiger partial charge in [0.1, 0.15) is 12.4 Å². The summed E-state index contributed by atoms with van der Waals surface area (Å²) in [5.41, 5.74) is 3.37. The van der Waals surface area contributed by atoms with Crippen LogP contribution < -0.4 is 4.74 Å². The van der Waals surface area contributed by atoms with Crippen molar-refractivity contribution < 1.29 is 9.53 Å². The maximum atomic E-state index is 11.0. The van der Waals surface area contributed by atoms with E-state index in [0.29, 0.717) is 12.3 Å². The van der Waals surface area contributed by atoms with Crippen LogP contribution in [0.15, 0.2) is 55.1 Å². The Hall–Kier alpha value is -2.81. The molecule has 0 atom stereocenters. The van der Waals surface area contributed by atoms with Crippen LogP contribution in [0.2, 0.25) is 0 Å². The molecular weight excluding hydrogens is 262 g/mol. The number of fused-ring (bicyclic) bond motifs is 1. The molecule has 0 saturated carbocycles. The summed E-state index contributed by atoms with van der Waals surface area (Å²) in [6, 6.07) is 15.7. The molecule has 0 unspecified atom stereocenters. The van der Waals surface area contributed by atoms with Crippen LogP contribution in [0, 0.1) is 0 Å². The number of carbonyl (C=O) groups is 1. The van der Waals surface area contributed by atoms with Gasteiger partial charge in [0.05, 0.1) is 5.69 Å². The number of H-pyrrole nitrogens is 1. The minimum atomic E-state index is 0.515. The van der Waals surface area contributed by atoms with Crippen LogP contribution in [0.5, 0.6) is 5.75 Å². The van der Waals surface area contributed by atoms with Crippen molar-refractivity contribution in [2.75, 3.05) is 0 Å². The highest BCUT2D eigenvalue weighted by molar-refractivity contribution is 5.97. The van der Waals surface area contributed by atoms with E-state index in [0.717, 1.165) is 34.1 Å². The quantitative estimate of drug-likeness (QED) is 0.710. The van der Waals surface area contributed by atoms with E-state index in [4.69, 9.17) is 4.74 Å². The third-order valence-corrected chi connectivity index (χ3v) is 3.41. The zero-order chi connectivity index (χ0) is 14.7. The van der Waals surface area contributed by atoms with Crippen LogP contribution in [-0.4, -0.2) is 11.3 Å². The van der Waals surface area contributed by atoms with Crippen molar-refractivity contribution in [2.45, 2.75) is 6.61 Å². The molecule has 21 heavy (non-hydrogen) atoms. The van der Waals surface area contributed by atoms with E-state index in [1.54, 1.807) is 6.08 Å². The fourth-order valence-electron chi connectivity index (χ4n) is 2.36. The molecule has 3 nitrogen and oxygen atoms in total. The molecular formula is C18H15NO2. The van der Waals surface area contributed by atoms with E-state index < -0.39 is 0 Å². The highest BCUT2D eigenvalue weighted by Gasteiger charge is 2.09. The van der Waals surface area contributed by atoms with Gasteiger partial charge in [-0.25, -0.2) is 0 Å². The lowest BCUT2D eigenvalue weighted by molar-refractivity contribution is 0.111. The summed E-state index contributed by atoms with van der Waals surface area (Å²) in [5, 5.41) is 0.942. The van der Waals surface area contributed by atoms with Crippen molar-refractivity contribution >= 4 is 23.3 Å². The molecule has 3 heteroatoms.